The van der Waals surface area contributed by atoms with Crippen LogP contribution in [0.1, 0.15) is 42.1 Å². The molecule has 0 bridgehead atoms. The Kier molecular flexibility index (Phi) is 5.83. The first-order valence-electron chi connectivity index (χ1n) is 9.61. The number of aliphatic imine (C=N–C) groups is 1. The number of benzene rings is 1. The summed E-state index contributed by atoms with van der Waals surface area (Å²) in [6.07, 6.45) is 5.68. The van der Waals surface area contributed by atoms with Crippen LogP contribution < -0.4 is 15.8 Å². The number of thioether (sulfide) groups is 1. The van der Waals surface area contributed by atoms with Crippen LogP contribution in [0, 0.1) is 0 Å². The fraction of sp³-hybridized carbons (Fsp3) is 0.381. The number of hydrogen-bond acceptors (Lipinski definition) is 6. The molecule has 4 rings (SSSR count). The summed E-state index contributed by atoms with van der Waals surface area (Å²) in [6, 6.07) is 9.62. The lowest BCUT2D eigenvalue weighted by atomic mass is 9.82. The van der Waals surface area contributed by atoms with Gasteiger partial charge >= 0.3 is 0 Å². The van der Waals surface area contributed by atoms with Gasteiger partial charge in [-0.15, -0.1) is 0 Å². The Morgan fingerprint density at radius 1 is 1.48 bits per heavy atom. The number of pyridine rings is 1. The van der Waals surface area contributed by atoms with Crippen molar-refractivity contribution in [3.8, 4) is 5.75 Å². The summed E-state index contributed by atoms with van der Waals surface area (Å²) in [5.74, 6) is 1.59. The maximum Gasteiger partial charge on any atom is 0.253 e. The number of halogens is 1. The van der Waals surface area contributed by atoms with Gasteiger partial charge in [-0.2, -0.15) is 0 Å². The van der Waals surface area contributed by atoms with Crippen molar-refractivity contribution in [3.63, 3.8) is 0 Å². The van der Waals surface area contributed by atoms with Crippen LogP contribution >= 0.6 is 27.7 Å². The van der Waals surface area contributed by atoms with Crippen molar-refractivity contribution in [1.29, 1.82) is 0 Å². The number of hydrogen-bond donors (Lipinski definition) is 2. The van der Waals surface area contributed by atoms with E-state index in [-0.39, 0.29) is 23.6 Å². The molecule has 3 heterocycles. The Balaban J connectivity index is 1.42. The summed E-state index contributed by atoms with van der Waals surface area (Å²) in [5.41, 5.74) is 7.35. The molecule has 3 atom stereocenters. The van der Waals surface area contributed by atoms with E-state index in [0.717, 1.165) is 40.8 Å². The Morgan fingerprint density at radius 2 is 2.34 bits per heavy atom. The average Bonchev–Trinajstić information content (AvgIpc) is 3.08. The Labute approximate surface area is 182 Å². The molecule has 0 aliphatic carbocycles. The minimum Gasteiger partial charge on any atom is -0.490 e. The molecule has 2 aromatic rings. The molecule has 2 aliphatic heterocycles. The van der Waals surface area contributed by atoms with Crippen molar-refractivity contribution in [2.45, 2.75) is 43.9 Å². The normalized spacial score (nSPS) is 23.8. The molecular weight excluding hydrogens is 452 g/mol. The first-order valence-corrected chi connectivity index (χ1v) is 11.4. The van der Waals surface area contributed by atoms with Gasteiger partial charge in [0.25, 0.3) is 5.91 Å². The van der Waals surface area contributed by atoms with E-state index in [1.54, 1.807) is 36.3 Å². The number of carbonyl (C=O) groups is 1. The lowest BCUT2D eigenvalue weighted by Crippen LogP contribution is -2.39. The third kappa shape index (κ3) is 4.43. The van der Waals surface area contributed by atoms with E-state index in [1.807, 2.05) is 19.1 Å². The monoisotopic (exact) mass is 474 g/mol. The van der Waals surface area contributed by atoms with Gasteiger partial charge in [-0.05, 0) is 50.1 Å². The molecule has 1 spiro atoms. The topological polar surface area (TPSA) is 89.6 Å². The van der Waals surface area contributed by atoms with Crippen molar-refractivity contribution < 1.29 is 9.53 Å². The van der Waals surface area contributed by atoms with Crippen LogP contribution in [0.4, 0.5) is 0 Å². The van der Waals surface area contributed by atoms with Crippen LogP contribution in [0.25, 0.3) is 0 Å². The van der Waals surface area contributed by atoms with Crippen LogP contribution in [0.15, 0.2) is 52.2 Å². The first-order chi connectivity index (χ1) is 13.9. The minimum absolute atomic E-state index is 0.0247. The average molecular weight is 475 g/mol. The molecule has 6 nitrogen and oxygen atoms in total. The fourth-order valence-corrected chi connectivity index (χ4v) is 5.19. The number of aromatic nitrogens is 1. The Bertz CT molecular complexity index is 940. The number of nitrogens with zero attached hydrogens (tertiary/aromatic N) is 2. The summed E-state index contributed by atoms with van der Waals surface area (Å²) in [4.78, 5) is 21.1. The summed E-state index contributed by atoms with van der Waals surface area (Å²) in [6.45, 7) is 2.01. The molecule has 2 unspecified atom stereocenters. The molecule has 1 aromatic heterocycles. The van der Waals surface area contributed by atoms with Crippen LogP contribution in [0.3, 0.4) is 0 Å². The minimum atomic E-state index is -0.334. The number of amidine groups is 1. The van der Waals surface area contributed by atoms with E-state index in [4.69, 9.17) is 15.5 Å². The SMILES string of the molecule is CC(CC[C@H]1CC2(CSC(N)=N2)c2cc(Br)ccc2O1)NC(=O)c1cccnc1. The van der Waals surface area contributed by atoms with Gasteiger partial charge in [0.05, 0.1) is 5.56 Å². The summed E-state index contributed by atoms with van der Waals surface area (Å²) in [7, 11) is 0. The maximum absolute atomic E-state index is 12.3. The fourth-order valence-electron chi connectivity index (χ4n) is 3.86. The Morgan fingerprint density at radius 3 is 3.07 bits per heavy atom. The van der Waals surface area contributed by atoms with Gasteiger partial charge in [-0.25, -0.2) is 0 Å². The third-order valence-corrected chi connectivity index (χ3v) is 6.81. The Hall–Kier alpha value is -2.06. The van der Waals surface area contributed by atoms with E-state index < -0.39 is 0 Å². The number of nitrogens with one attached hydrogen (secondary N) is 1. The molecule has 0 saturated carbocycles. The molecule has 1 aromatic carbocycles. The van der Waals surface area contributed by atoms with Gasteiger partial charge in [0.15, 0.2) is 5.17 Å². The second-order valence-corrected chi connectivity index (χ2v) is 9.46. The number of nitrogens with two attached hydrogens (primary N) is 1. The van der Waals surface area contributed by atoms with Gasteiger partial charge in [-0.3, -0.25) is 14.8 Å². The highest BCUT2D eigenvalue weighted by Crippen LogP contribution is 2.48. The summed E-state index contributed by atoms with van der Waals surface area (Å²) in [5, 5.41) is 3.67. The van der Waals surface area contributed by atoms with Crippen molar-refractivity contribution in [2.75, 3.05) is 5.75 Å². The van der Waals surface area contributed by atoms with Crippen molar-refractivity contribution in [1.82, 2.24) is 10.3 Å². The number of carbonyl (C=O) groups excluding carboxylic acids is 1. The van der Waals surface area contributed by atoms with Gasteiger partial charge in [0.1, 0.15) is 17.4 Å². The second kappa shape index (κ2) is 8.36. The van der Waals surface area contributed by atoms with Gasteiger partial charge in [0.2, 0.25) is 0 Å². The predicted molar refractivity (Wildman–Crippen MR) is 119 cm³/mol. The van der Waals surface area contributed by atoms with Crippen LogP contribution in [-0.4, -0.2) is 34.0 Å². The first kappa shape index (κ1) is 20.2. The number of rotatable bonds is 5. The van der Waals surface area contributed by atoms with Gasteiger partial charge in [-0.1, -0.05) is 27.7 Å². The molecule has 1 amide bonds. The van der Waals surface area contributed by atoms with E-state index in [1.165, 1.54) is 0 Å². The van der Waals surface area contributed by atoms with Crippen molar-refractivity contribution in [2.24, 2.45) is 10.7 Å². The molecule has 0 saturated heterocycles. The number of amides is 1. The van der Waals surface area contributed by atoms with E-state index in [9.17, 15) is 4.79 Å². The molecule has 2 aliphatic rings. The number of ether oxygens (including phenoxy) is 1. The zero-order chi connectivity index (χ0) is 20.4. The molecule has 29 heavy (non-hydrogen) atoms. The van der Waals surface area contributed by atoms with Crippen LogP contribution in [0.2, 0.25) is 0 Å². The van der Waals surface area contributed by atoms with Crippen LogP contribution in [-0.2, 0) is 5.54 Å². The lowest BCUT2D eigenvalue weighted by Gasteiger charge is -2.38. The molecule has 152 valence electrons. The molecular formula is C21H23BrN4O2S. The van der Waals surface area contributed by atoms with Gasteiger partial charge < -0.3 is 15.8 Å². The molecule has 8 heteroatoms. The third-order valence-electron chi connectivity index (χ3n) is 5.31. The smallest absolute Gasteiger partial charge is 0.253 e. The highest BCUT2D eigenvalue weighted by Gasteiger charge is 2.45. The summed E-state index contributed by atoms with van der Waals surface area (Å²) < 4.78 is 7.30. The van der Waals surface area contributed by atoms with Gasteiger partial charge in [0, 0.05) is 40.6 Å². The second-order valence-electron chi connectivity index (χ2n) is 7.55. The van der Waals surface area contributed by atoms with E-state index in [0.29, 0.717) is 10.7 Å². The van der Waals surface area contributed by atoms with Crippen molar-refractivity contribution >= 4 is 38.8 Å². The predicted octanol–water partition coefficient (Wildman–Crippen LogP) is 3.85. The molecule has 0 radical (unpaired) electrons. The molecule has 0 fully saturated rings. The van der Waals surface area contributed by atoms with E-state index in [2.05, 4.69) is 32.3 Å². The maximum atomic E-state index is 12.3. The quantitative estimate of drug-likeness (QED) is 0.686. The van der Waals surface area contributed by atoms with Crippen LogP contribution in [0.5, 0.6) is 5.75 Å². The highest BCUT2D eigenvalue weighted by atomic mass is 79.9. The highest BCUT2D eigenvalue weighted by molar-refractivity contribution is 9.10. The lowest BCUT2D eigenvalue weighted by molar-refractivity contribution is 0.0922. The molecule has 3 N–H and O–H groups in total. The zero-order valence-corrected chi connectivity index (χ0v) is 18.5. The largest absolute Gasteiger partial charge is 0.490 e. The standard InChI is InChI=1S/C21H23BrN4O2S/c1-13(25-19(27)14-3-2-8-24-11-14)4-6-16-10-21(12-29-20(23)26-21)17-9-15(22)5-7-18(17)28-16/h2-3,5,7-9,11,13,16H,4,6,10,12H2,1H3,(H2,23,26)(H,25,27)/t13?,16-,21?/m0/s1. The zero-order valence-electron chi connectivity index (χ0n) is 16.1. The number of fused-ring (bicyclic) bond motifs is 2. The van der Waals surface area contributed by atoms with E-state index >= 15 is 0 Å². The summed E-state index contributed by atoms with van der Waals surface area (Å²) >= 11 is 5.15. The van der Waals surface area contributed by atoms with Crippen molar-refractivity contribution in [3.05, 3.63) is 58.3 Å².